The van der Waals surface area contributed by atoms with Gasteiger partial charge in [-0.15, -0.1) is 0 Å². The smallest absolute Gasteiger partial charge is 0.303 e. The summed E-state index contributed by atoms with van der Waals surface area (Å²) in [5, 5.41) is 92.4. The highest BCUT2D eigenvalue weighted by Gasteiger charge is 2.38. The van der Waals surface area contributed by atoms with Crippen molar-refractivity contribution in [3.8, 4) is 0 Å². The van der Waals surface area contributed by atoms with E-state index in [1.165, 1.54) is 0 Å². The molecule has 0 aliphatic heterocycles. The molecule has 1 aromatic rings. The molecular formula is C39H51N3O21. The summed E-state index contributed by atoms with van der Waals surface area (Å²) in [6, 6.07) is 2.54. The summed E-state index contributed by atoms with van der Waals surface area (Å²) >= 11 is 0. The molecule has 0 radical (unpaired) electrons. The van der Waals surface area contributed by atoms with Crippen molar-refractivity contribution in [2.24, 2.45) is 0 Å². The second-order valence-corrected chi connectivity index (χ2v) is 15.0. The summed E-state index contributed by atoms with van der Waals surface area (Å²) in [4.78, 5) is 147. The molecule has 12 N–H and O–H groups in total. The van der Waals surface area contributed by atoms with Crippen LogP contribution in [0.1, 0.15) is 147 Å². The van der Waals surface area contributed by atoms with Gasteiger partial charge in [-0.3, -0.25) is 57.5 Å². The molecule has 0 saturated carbocycles. The molecule has 0 saturated heterocycles. The number of carboxylic acid groups (broad SMARTS) is 9. The Balaban J connectivity index is 4.21. The van der Waals surface area contributed by atoms with Gasteiger partial charge in [0.15, 0.2) is 0 Å². The summed E-state index contributed by atoms with van der Waals surface area (Å²) in [5.74, 6) is -16.4. The average Bonchev–Trinajstić information content (AvgIpc) is 3.18. The second-order valence-electron chi connectivity index (χ2n) is 15.0. The first-order valence-electron chi connectivity index (χ1n) is 19.3. The predicted molar refractivity (Wildman–Crippen MR) is 209 cm³/mol. The third kappa shape index (κ3) is 20.8. The lowest BCUT2D eigenvalue weighted by Gasteiger charge is -2.35. The van der Waals surface area contributed by atoms with Crippen molar-refractivity contribution >= 4 is 71.4 Å². The minimum atomic E-state index is -1.85. The van der Waals surface area contributed by atoms with Gasteiger partial charge in [-0.05, 0) is 76.0 Å². The molecular weight excluding hydrogens is 846 g/mol. The number of nitrogens with one attached hydrogen (secondary N) is 3. The summed E-state index contributed by atoms with van der Waals surface area (Å²) in [6.45, 7) is 0. The zero-order valence-electron chi connectivity index (χ0n) is 33.9. The standard InChI is InChI=1S/C39H51N3O21/c43-25(44)1-10-37(11-2-26(45)46,12-3-27(47)48)40-34(61)22-19-23(35(62)41-38(13-4-28(49)50,14-5-29(51)52)15-6-30(53)54)21-24(20-22)36(63)42-39(16-7-31(55)56,17-8-32(57)58)18-9-33(59)60/h19-21H,1-18H2,(H,40,61)(H,41,62)(H,42,63)(H,43,44)(H,45,46)(H,47,48)(H,49,50)(H,51,52)(H,53,54)(H,55,56)(H,57,58)(H,59,60). The van der Waals surface area contributed by atoms with Crippen LogP contribution in [0.25, 0.3) is 0 Å². The van der Waals surface area contributed by atoms with Gasteiger partial charge in [0.05, 0.1) is 0 Å². The lowest BCUT2D eigenvalue weighted by molar-refractivity contribution is -0.140. The van der Waals surface area contributed by atoms with Crippen molar-refractivity contribution in [1.82, 2.24) is 16.0 Å². The minimum absolute atomic E-state index is 0.513. The van der Waals surface area contributed by atoms with Crippen molar-refractivity contribution < 1.29 is 103 Å². The van der Waals surface area contributed by atoms with Gasteiger partial charge in [-0.1, -0.05) is 0 Å². The molecule has 0 aromatic heterocycles. The van der Waals surface area contributed by atoms with E-state index in [4.69, 9.17) is 0 Å². The highest BCUT2D eigenvalue weighted by Crippen LogP contribution is 2.30. The van der Waals surface area contributed by atoms with Crippen LogP contribution >= 0.6 is 0 Å². The molecule has 0 atom stereocenters. The maximum Gasteiger partial charge on any atom is 0.303 e. The Labute approximate surface area is 357 Å². The summed E-state index contributed by atoms with van der Waals surface area (Å²) in [7, 11) is 0. The third-order valence-electron chi connectivity index (χ3n) is 10.2. The van der Waals surface area contributed by atoms with Crippen LogP contribution < -0.4 is 16.0 Å². The lowest BCUT2D eigenvalue weighted by atomic mass is 9.82. The molecule has 0 unspecified atom stereocenters. The van der Waals surface area contributed by atoms with Gasteiger partial charge in [-0.25, -0.2) is 0 Å². The molecule has 348 valence electrons. The van der Waals surface area contributed by atoms with Gasteiger partial charge in [-0.2, -0.15) is 0 Å². The molecule has 24 nitrogen and oxygen atoms in total. The molecule has 1 aromatic carbocycles. The highest BCUT2D eigenvalue weighted by molar-refractivity contribution is 6.05. The Bertz CT molecular complexity index is 1560. The van der Waals surface area contributed by atoms with Crippen LogP contribution in [0.15, 0.2) is 18.2 Å². The van der Waals surface area contributed by atoms with Gasteiger partial charge in [0.25, 0.3) is 17.7 Å². The van der Waals surface area contributed by atoms with E-state index < -0.39 is 220 Å². The molecule has 24 heteroatoms. The molecule has 0 bridgehead atoms. The van der Waals surface area contributed by atoms with E-state index in [9.17, 15) is 103 Å². The van der Waals surface area contributed by atoms with Crippen LogP contribution in [-0.4, -0.2) is 134 Å². The molecule has 0 aliphatic rings. The largest absolute Gasteiger partial charge is 0.481 e. The van der Waals surface area contributed by atoms with Crippen LogP contribution in [0.3, 0.4) is 0 Å². The van der Waals surface area contributed by atoms with E-state index in [1.54, 1.807) is 0 Å². The van der Waals surface area contributed by atoms with Crippen LogP contribution in [0, 0.1) is 0 Å². The summed E-state index contributed by atoms with van der Waals surface area (Å²) in [5.41, 5.74) is -7.40. The van der Waals surface area contributed by atoms with Crippen LogP contribution in [0.4, 0.5) is 0 Å². The summed E-state index contributed by atoms with van der Waals surface area (Å²) < 4.78 is 0. The minimum Gasteiger partial charge on any atom is -0.481 e. The van der Waals surface area contributed by atoms with Gasteiger partial charge < -0.3 is 61.9 Å². The van der Waals surface area contributed by atoms with Crippen LogP contribution in [-0.2, 0) is 43.2 Å². The number of benzene rings is 1. The normalized spacial score (nSPS) is 11.4. The number of hydrogen-bond donors (Lipinski definition) is 12. The van der Waals surface area contributed by atoms with E-state index in [0.717, 1.165) is 18.2 Å². The second kappa shape index (κ2) is 25.0. The van der Waals surface area contributed by atoms with Crippen molar-refractivity contribution in [1.29, 1.82) is 0 Å². The molecule has 0 heterocycles. The fourth-order valence-corrected chi connectivity index (χ4v) is 6.76. The SMILES string of the molecule is O=C(O)CCC(CCC(=O)O)(CCC(=O)O)NC(=O)c1cc(C(=O)NC(CCC(=O)O)(CCC(=O)O)CCC(=O)O)cc(C(=O)NC(CCC(=O)O)(CCC(=O)O)CCC(=O)O)c1. The highest BCUT2D eigenvalue weighted by atomic mass is 16.4. The maximum absolute atomic E-state index is 14.2. The number of amides is 3. The van der Waals surface area contributed by atoms with E-state index >= 15 is 0 Å². The van der Waals surface area contributed by atoms with Gasteiger partial charge in [0.2, 0.25) is 0 Å². The van der Waals surface area contributed by atoms with Gasteiger partial charge >= 0.3 is 53.7 Å². The van der Waals surface area contributed by atoms with Crippen molar-refractivity contribution in [2.45, 2.75) is 132 Å². The third-order valence-corrected chi connectivity index (χ3v) is 10.2. The van der Waals surface area contributed by atoms with E-state index in [1.807, 2.05) is 0 Å². The Morgan fingerprint density at radius 1 is 0.286 bits per heavy atom. The summed E-state index contributed by atoms with van der Waals surface area (Å²) in [6.07, 6.45) is -10.9. The Morgan fingerprint density at radius 3 is 0.524 bits per heavy atom. The van der Waals surface area contributed by atoms with Crippen LogP contribution in [0.5, 0.6) is 0 Å². The number of rotatable bonds is 33. The predicted octanol–water partition coefficient (Wildman–Crippen LogP) is 1.88. The lowest BCUT2D eigenvalue weighted by Crippen LogP contribution is -2.51. The van der Waals surface area contributed by atoms with Crippen molar-refractivity contribution in [2.75, 3.05) is 0 Å². The number of carbonyl (C=O) groups is 12. The number of aliphatic carboxylic acids is 9. The first kappa shape index (κ1) is 53.9. The maximum atomic E-state index is 14.2. The average molecular weight is 898 g/mol. The number of hydrogen-bond acceptors (Lipinski definition) is 12. The van der Waals surface area contributed by atoms with E-state index in [2.05, 4.69) is 16.0 Å². The van der Waals surface area contributed by atoms with Gasteiger partial charge in [0, 0.05) is 91.1 Å². The molecule has 0 spiro atoms. The molecule has 0 aliphatic carbocycles. The number of carboxylic acids is 9. The van der Waals surface area contributed by atoms with Gasteiger partial charge in [0.1, 0.15) is 0 Å². The first-order valence-corrected chi connectivity index (χ1v) is 19.3. The van der Waals surface area contributed by atoms with Crippen LogP contribution in [0.2, 0.25) is 0 Å². The number of carbonyl (C=O) groups excluding carboxylic acids is 3. The Morgan fingerprint density at radius 2 is 0.413 bits per heavy atom. The Hall–Kier alpha value is -7.14. The van der Waals surface area contributed by atoms with Crippen molar-refractivity contribution in [3.63, 3.8) is 0 Å². The zero-order chi connectivity index (χ0) is 48.1. The first-order chi connectivity index (χ1) is 29.2. The fourth-order valence-electron chi connectivity index (χ4n) is 6.76. The molecule has 1 rings (SSSR count). The topological polar surface area (TPSA) is 423 Å². The molecule has 3 amide bonds. The van der Waals surface area contributed by atoms with E-state index in [0.29, 0.717) is 0 Å². The fraction of sp³-hybridized carbons (Fsp3) is 0.538. The quantitative estimate of drug-likeness (QED) is 0.0479. The molecule has 63 heavy (non-hydrogen) atoms. The molecule has 0 fully saturated rings. The van der Waals surface area contributed by atoms with E-state index in [-0.39, 0.29) is 0 Å². The zero-order valence-corrected chi connectivity index (χ0v) is 33.9. The Kier molecular flexibility index (Phi) is 21.3. The van der Waals surface area contributed by atoms with Crippen molar-refractivity contribution in [3.05, 3.63) is 34.9 Å². The monoisotopic (exact) mass is 897 g/mol.